The summed E-state index contributed by atoms with van der Waals surface area (Å²) in [6.07, 6.45) is 7.14. The first kappa shape index (κ1) is 9.74. The van der Waals surface area contributed by atoms with Gasteiger partial charge in [0.1, 0.15) is 5.84 Å². The summed E-state index contributed by atoms with van der Waals surface area (Å²) in [5.41, 5.74) is 1.88. The normalized spacial score (nSPS) is 11.0. The molecule has 1 heterocycles. The molecule has 0 atom stereocenters. The molecule has 0 aliphatic rings. The van der Waals surface area contributed by atoms with Crippen molar-refractivity contribution in [3.05, 3.63) is 35.7 Å². The molecule has 0 saturated carbocycles. The average Bonchev–Trinajstić information content (AvgIpc) is 2.47. The van der Waals surface area contributed by atoms with Crippen LogP contribution in [0.2, 0.25) is 0 Å². The highest BCUT2D eigenvalue weighted by Gasteiger charge is 2.02. The molecule has 1 aromatic rings. The zero-order valence-electron chi connectivity index (χ0n) is 7.91. The van der Waals surface area contributed by atoms with E-state index in [1.54, 1.807) is 16.8 Å². The molecule has 3 heteroatoms. The molecule has 0 unspecified atom stereocenters. The largest absolute Gasteiger partial charge is 0.392 e. The van der Waals surface area contributed by atoms with Crippen LogP contribution < -0.4 is 0 Å². The molecular formula is C10H14N2O. The number of aryl methyl sites for hydroxylation is 1. The fourth-order valence-corrected chi connectivity index (χ4v) is 1.15. The molecule has 3 nitrogen and oxygen atoms in total. The molecule has 0 aliphatic heterocycles. The van der Waals surface area contributed by atoms with Crippen LogP contribution in [0.3, 0.4) is 0 Å². The number of hydrogen-bond acceptors (Lipinski definition) is 2. The van der Waals surface area contributed by atoms with Crippen molar-refractivity contribution in [1.82, 2.24) is 4.57 Å². The summed E-state index contributed by atoms with van der Waals surface area (Å²) < 4.78 is 1.70. The molecule has 1 aromatic heterocycles. The lowest BCUT2D eigenvalue weighted by Crippen LogP contribution is -2.03. The van der Waals surface area contributed by atoms with Gasteiger partial charge in [-0.15, -0.1) is 0 Å². The minimum Gasteiger partial charge on any atom is -0.392 e. The predicted molar refractivity (Wildman–Crippen MR) is 53.0 cm³/mol. The average molecular weight is 178 g/mol. The van der Waals surface area contributed by atoms with Gasteiger partial charge in [0.05, 0.1) is 6.61 Å². The van der Waals surface area contributed by atoms with E-state index in [2.05, 4.69) is 0 Å². The second kappa shape index (κ2) is 4.05. The maximum absolute atomic E-state index is 8.94. The van der Waals surface area contributed by atoms with Gasteiger partial charge >= 0.3 is 0 Å². The van der Waals surface area contributed by atoms with Gasteiger partial charge in [0.15, 0.2) is 0 Å². The van der Waals surface area contributed by atoms with Crippen molar-refractivity contribution in [3.8, 4) is 0 Å². The first-order chi connectivity index (χ1) is 6.19. The van der Waals surface area contributed by atoms with Crippen molar-refractivity contribution in [2.24, 2.45) is 0 Å². The van der Waals surface area contributed by atoms with Crippen LogP contribution in [-0.2, 0) is 6.61 Å². The molecule has 0 bridgehead atoms. The van der Waals surface area contributed by atoms with Crippen molar-refractivity contribution in [1.29, 1.82) is 5.41 Å². The first-order valence-corrected chi connectivity index (χ1v) is 4.19. The Hall–Kier alpha value is -1.35. The topological polar surface area (TPSA) is 49.0 Å². The SMILES string of the molecule is CC=CC(=N)n1cc(C)c(CO)c1. The highest BCUT2D eigenvalue weighted by Crippen LogP contribution is 2.09. The molecule has 70 valence electrons. The lowest BCUT2D eigenvalue weighted by Gasteiger charge is -1.97. The molecule has 0 aliphatic carbocycles. The van der Waals surface area contributed by atoms with E-state index < -0.39 is 0 Å². The van der Waals surface area contributed by atoms with Gasteiger partial charge in [0.2, 0.25) is 0 Å². The molecule has 1 rings (SSSR count). The van der Waals surface area contributed by atoms with Crippen LogP contribution in [0.5, 0.6) is 0 Å². The Labute approximate surface area is 77.8 Å². The summed E-state index contributed by atoms with van der Waals surface area (Å²) in [6.45, 7) is 3.82. The summed E-state index contributed by atoms with van der Waals surface area (Å²) >= 11 is 0. The Morgan fingerprint density at radius 1 is 1.62 bits per heavy atom. The molecule has 0 saturated heterocycles. The molecule has 0 amide bonds. The Balaban J connectivity index is 2.96. The number of nitrogens with zero attached hydrogens (tertiary/aromatic N) is 1. The van der Waals surface area contributed by atoms with Gasteiger partial charge in [-0.1, -0.05) is 6.08 Å². The van der Waals surface area contributed by atoms with E-state index in [1.807, 2.05) is 26.1 Å². The second-order valence-electron chi connectivity index (χ2n) is 2.92. The highest BCUT2D eigenvalue weighted by molar-refractivity contribution is 5.92. The Kier molecular flexibility index (Phi) is 3.03. The summed E-state index contributed by atoms with van der Waals surface area (Å²) in [5.74, 6) is 0.408. The van der Waals surface area contributed by atoms with E-state index in [0.717, 1.165) is 11.1 Å². The van der Waals surface area contributed by atoms with Crippen LogP contribution >= 0.6 is 0 Å². The molecule has 0 spiro atoms. The lowest BCUT2D eigenvalue weighted by atomic mass is 10.2. The monoisotopic (exact) mass is 178 g/mol. The Morgan fingerprint density at radius 2 is 2.31 bits per heavy atom. The highest BCUT2D eigenvalue weighted by atomic mass is 16.3. The number of allylic oxidation sites excluding steroid dienone is 2. The molecule has 13 heavy (non-hydrogen) atoms. The summed E-state index contributed by atoms with van der Waals surface area (Å²) in [7, 11) is 0. The van der Waals surface area contributed by atoms with E-state index in [1.165, 1.54) is 0 Å². The van der Waals surface area contributed by atoms with Crippen molar-refractivity contribution in [3.63, 3.8) is 0 Å². The number of nitrogens with one attached hydrogen (secondary N) is 1. The van der Waals surface area contributed by atoms with Crippen LogP contribution in [-0.4, -0.2) is 15.5 Å². The molecule has 0 aromatic carbocycles. The zero-order valence-corrected chi connectivity index (χ0v) is 7.91. The van der Waals surface area contributed by atoms with Gasteiger partial charge in [0, 0.05) is 12.4 Å². The van der Waals surface area contributed by atoms with Crippen LogP contribution in [0.25, 0.3) is 0 Å². The van der Waals surface area contributed by atoms with E-state index in [-0.39, 0.29) is 6.61 Å². The van der Waals surface area contributed by atoms with Crippen LogP contribution in [0.1, 0.15) is 18.1 Å². The van der Waals surface area contributed by atoms with E-state index >= 15 is 0 Å². The Bertz CT molecular complexity index is 337. The number of aliphatic hydroxyl groups is 1. The van der Waals surface area contributed by atoms with E-state index in [0.29, 0.717) is 5.84 Å². The third-order valence-electron chi connectivity index (χ3n) is 1.91. The summed E-state index contributed by atoms with van der Waals surface area (Å²) in [5, 5.41) is 16.6. The van der Waals surface area contributed by atoms with Gasteiger partial charge < -0.3 is 9.67 Å². The molecular weight excluding hydrogens is 164 g/mol. The van der Waals surface area contributed by atoms with Gasteiger partial charge in [0.25, 0.3) is 0 Å². The van der Waals surface area contributed by atoms with E-state index in [9.17, 15) is 0 Å². The van der Waals surface area contributed by atoms with Gasteiger partial charge in [-0.2, -0.15) is 0 Å². The fraction of sp³-hybridized carbons (Fsp3) is 0.300. The van der Waals surface area contributed by atoms with Gasteiger partial charge in [-0.25, -0.2) is 0 Å². The minimum absolute atomic E-state index is 0.0297. The van der Waals surface area contributed by atoms with Crippen molar-refractivity contribution >= 4 is 5.84 Å². The standard InChI is InChI=1S/C10H14N2O/c1-3-4-10(11)12-5-8(2)9(6-12)7-13/h3-6,11,13H,7H2,1-2H3. The fourth-order valence-electron chi connectivity index (χ4n) is 1.15. The van der Waals surface area contributed by atoms with Crippen LogP contribution in [0.15, 0.2) is 24.5 Å². The number of aliphatic hydroxyl groups excluding tert-OH is 1. The quantitative estimate of drug-likeness (QED) is 0.525. The maximum Gasteiger partial charge on any atom is 0.128 e. The predicted octanol–water partition coefficient (Wildman–Crippen LogP) is 1.69. The zero-order chi connectivity index (χ0) is 9.84. The van der Waals surface area contributed by atoms with Gasteiger partial charge in [-0.05, 0) is 31.1 Å². The molecule has 0 fully saturated rings. The molecule has 0 radical (unpaired) electrons. The Morgan fingerprint density at radius 3 is 2.77 bits per heavy atom. The van der Waals surface area contributed by atoms with E-state index in [4.69, 9.17) is 10.5 Å². The maximum atomic E-state index is 8.94. The summed E-state index contributed by atoms with van der Waals surface area (Å²) in [4.78, 5) is 0. The number of hydrogen-bond donors (Lipinski definition) is 2. The van der Waals surface area contributed by atoms with Gasteiger partial charge in [-0.3, -0.25) is 5.41 Å². The van der Waals surface area contributed by atoms with Crippen LogP contribution in [0.4, 0.5) is 0 Å². The van der Waals surface area contributed by atoms with Crippen LogP contribution in [0, 0.1) is 12.3 Å². The summed E-state index contributed by atoms with van der Waals surface area (Å²) in [6, 6.07) is 0. The lowest BCUT2D eigenvalue weighted by molar-refractivity contribution is 0.281. The minimum atomic E-state index is 0.0297. The van der Waals surface area contributed by atoms with Crippen molar-refractivity contribution in [2.45, 2.75) is 20.5 Å². The number of aromatic nitrogens is 1. The third kappa shape index (κ3) is 2.06. The molecule has 2 N–H and O–H groups in total. The second-order valence-corrected chi connectivity index (χ2v) is 2.92. The van der Waals surface area contributed by atoms with Crippen molar-refractivity contribution < 1.29 is 5.11 Å². The first-order valence-electron chi connectivity index (χ1n) is 4.19. The van der Waals surface area contributed by atoms with Crippen molar-refractivity contribution in [2.75, 3.05) is 0 Å². The smallest absolute Gasteiger partial charge is 0.128 e. The third-order valence-corrected chi connectivity index (χ3v) is 1.91. The number of rotatable bonds is 2.